The highest BCUT2D eigenvalue weighted by molar-refractivity contribution is 5.16. The van der Waals surface area contributed by atoms with Crippen LogP contribution in [0.4, 0.5) is 0 Å². The summed E-state index contributed by atoms with van der Waals surface area (Å²) in [4.78, 5) is 4.14. The highest BCUT2D eigenvalue weighted by atomic mass is 16.2. The van der Waals surface area contributed by atoms with Crippen molar-refractivity contribution in [1.82, 2.24) is 20.0 Å². The van der Waals surface area contributed by atoms with Crippen molar-refractivity contribution in [3.63, 3.8) is 0 Å². The monoisotopic (exact) mass is 232 g/mol. The molecule has 2 rings (SSSR count). The number of hydrogen-bond acceptors (Lipinski definition) is 4. The summed E-state index contributed by atoms with van der Waals surface area (Å²) in [5.41, 5.74) is 3.17. The van der Waals surface area contributed by atoms with Gasteiger partial charge in [-0.3, -0.25) is 4.98 Å². The molecule has 0 fully saturated rings. The molecule has 0 aromatic carbocycles. The first-order valence-electron chi connectivity index (χ1n) is 5.68. The summed E-state index contributed by atoms with van der Waals surface area (Å²) in [7, 11) is 0. The maximum Gasteiger partial charge on any atom is 0.0828 e. The molecule has 2 aromatic heterocycles. The van der Waals surface area contributed by atoms with Gasteiger partial charge in [-0.25, -0.2) is 4.68 Å². The summed E-state index contributed by atoms with van der Waals surface area (Å²) >= 11 is 0. The molecule has 0 atom stereocenters. The summed E-state index contributed by atoms with van der Waals surface area (Å²) < 4.78 is 1.79. The predicted molar refractivity (Wildman–Crippen MR) is 63.5 cm³/mol. The minimum atomic E-state index is 0.189. The second-order valence-electron chi connectivity index (χ2n) is 4.11. The third-order valence-corrected chi connectivity index (χ3v) is 2.45. The molecule has 17 heavy (non-hydrogen) atoms. The van der Waals surface area contributed by atoms with Gasteiger partial charge in [-0.1, -0.05) is 11.3 Å². The van der Waals surface area contributed by atoms with E-state index in [0.29, 0.717) is 6.54 Å². The zero-order valence-electron chi connectivity index (χ0n) is 9.87. The molecule has 0 bridgehead atoms. The van der Waals surface area contributed by atoms with Crippen LogP contribution in [0.2, 0.25) is 0 Å². The summed E-state index contributed by atoms with van der Waals surface area (Å²) in [6.07, 6.45) is 7.07. The van der Waals surface area contributed by atoms with Gasteiger partial charge in [-0.2, -0.15) is 0 Å². The number of pyridine rings is 1. The lowest BCUT2D eigenvalue weighted by atomic mass is 10.2. The third kappa shape index (κ3) is 3.35. The first-order chi connectivity index (χ1) is 8.28. The van der Waals surface area contributed by atoms with Gasteiger partial charge < -0.3 is 5.11 Å². The van der Waals surface area contributed by atoms with Crippen LogP contribution in [0.15, 0.2) is 24.7 Å². The number of aliphatic hydroxyl groups excluding tert-OH is 1. The molecule has 0 spiro atoms. The van der Waals surface area contributed by atoms with E-state index in [9.17, 15) is 0 Å². The van der Waals surface area contributed by atoms with E-state index < -0.39 is 0 Å². The Hall–Kier alpha value is -1.75. The Balaban J connectivity index is 2.01. The van der Waals surface area contributed by atoms with Gasteiger partial charge in [0.15, 0.2) is 0 Å². The van der Waals surface area contributed by atoms with Gasteiger partial charge in [0, 0.05) is 25.2 Å². The second-order valence-corrected chi connectivity index (χ2v) is 4.11. The molecule has 2 aromatic rings. The number of aryl methyl sites for hydroxylation is 2. The number of rotatable bonds is 5. The van der Waals surface area contributed by atoms with Crippen molar-refractivity contribution in [1.29, 1.82) is 0 Å². The molecule has 0 aliphatic carbocycles. The van der Waals surface area contributed by atoms with E-state index in [-0.39, 0.29) is 6.61 Å². The molecule has 0 aliphatic rings. The van der Waals surface area contributed by atoms with Crippen LogP contribution in [0.1, 0.15) is 23.2 Å². The highest BCUT2D eigenvalue weighted by Gasteiger charge is 2.01. The van der Waals surface area contributed by atoms with Gasteiger partial charge in [-0.05, 0) is 30.9 Å². The van der Waals surface area contributed by atoms with E-state index in [1.807, 2.05) is 25.5 Å². The van der Waals surface area contributed by atoms with Crippen molar-refractivity contribution >= 4 is 0 Å². The average Bonchev–Trinajstić information content (AvgIpc) is 2.74. The fourth-order valence-electron chi connectivity index (χ4n) is 1.68. The number of hydrogen-bond donors (Lipinski definition) is 1. The van der Waals surface area contributed by atoms with Crippen LogP contribution in [0.3, 0.4) is 0 Å². The smallest absolute Gasteiger partial charge is 0.0828 e. The maximum atomic E-state index is 8.74. The summed E-state index contributed by atoms with van der Waals surface area (Å²) in [6, 6.07) is 2.09. The van der Waals surface area contributed by atoms with Crippen LogP contribution in [-0.2, 0) is 13.0 Å². The number of aromatic nitrogens is 4. The van der Waals surface area contributed by atoms with Crippen LogP contribution in [0.25, 0.3) is 0 Å². The standard InChI is InChI=1S/C12H16N4O/c1-10-5-11(7-13-6-10)8-16-9-12(14-15-16)3-2-4-17/h5-7,9,17H,2-4,8H2,1H3. The molecule has 1 N–H and O–H groups in total. The van der Waals surface area contributed by atoms with E-state index in [4.69, 9.17) is 5.11 Å². The van der Waals surface area contributed by atoms with E-state index >= 15 is 0 Å². The Morgan fingerprint density at radius 1 is 1.35 bits per heavy atom. The Labute approximate surface area is 100 Å². The molecule has 0 saturated heterocycles. The van der Waals surface area contributed by atoms with Crippen LogP contribution in [0.5, 0.6) is 0 Å². The first kappa shape index (κ1) is 11.7. The summed E-state index contributed by atoms with van der Waals surface area (Å²) in [5.74, 6) is 0. The van der Waals surface area contributed by atoms with Crippen molar-refractivity contribution < 1.29 is 5.11 Å². The molecular weight excluding hydrogens is 216 g/mol. The summed E-state index contributed by atoms with van der Waals surface area (Å²) in [6.45, 7) is 2.89. The topological polar surface area (TPSA) is 63.8 Å². The van der Waals surface area contributed by atoms with E-state index in [1.165, 1.54) is 0 Å². The molecule has 0 saturated carbocycles. The Morgan fingerprint density at radius 2 is 2.24 bits per heavy atom. The third-order valence-electron chi connectivity index (χ3n) is 2.45. The molecule has 90 valence electrons. The van der Waals surface area contributed by atoms with Gasteiger partial charge in [0.1, 0.15) is 0 Å². The molecule has 0 aliphatic heterocycles. The molecule has 0 amide bonds. The van der Waals surface area contributed by atoms with Crippen LogP contribution in [0, 0.1) is 6.92 Å². The Kier molecular flexibility index (Phi) is 3.82. The van der Waals surface area contributed by atoms with Gasteiger partial charge in [0.2, 0.25) is 0 Å². The van der Waals surface area contributed by atoms with Gasteiger partial charge in [-0.15, -0.1) is 5.10 Å². The van der Waals surface area contributed by atoms with Crippen molar-refractivity contribution in [2.75, 3.05) is 6.61 Å². The molecule has 5 heteroatoms. The van der Waals surface area contributed by atoms with Crippen molar-refractivity contribution in [2.45, 2.75) is 26.3 Å². The quantitative estimate of drug-likeness (QED) is 0.833. The normalized spacial score (nSPS) is 10.7. The predicted octanol–water partition coefficient (Wildman–Crippen LogP) is 0.955. The average molecular weight is 232 g/mol. The summed E-state index contributed by atoms with van der Waals surface area (Å²) in [5, 5.41) is 16.8. The fraction of sp³-hybridized carbons (Fsp3) is 0.417. The van der Waals surface area contributed by atoms with Crippen LogP contribution < -0.4 is 0 Å². The lowest BCUT2D eigenvalue weighted by Gasteiger charge is -2.00. The van der Waals surface area contributed by atoms with E-state index in [0.717, 1.165) is 29.7 Å². The fourth-order valence-corrected chi connectivity index (χ4v) is 1.68. The first-order valence-corrected chi connectivity index (χ1v) is 5.68. The largest absolute Gasteiger partial charge is 0.396 e. The molecule has 0 radical (unpaired) electrons. The zero-order valence-corrected chi connectivity index (χ0v) is 9.87. The number of nitrogens with zero attached hydrogens (tertiary/aromatic N) is 4. The van der Waals surface area contributed by atoms with Crippen molar-refractivity contribution in [3.05, 3.63) is 41.5 Å². The van der Waals surface area contributed by atoms with Gasteiger partial charge in [0.25, 0.3) is 0 Å². The Bertz CT molecular complexity index is 481. The van der Waals surface area contributed by atoms with Crippen molar-refractivity contribution in [3.8, 4) is 0 Å². The lowest BCUT2D eigenvalue weighted by molar-refractivity contribution is 0.288. The van der Waals surface area contributed by atoms with Gasteiger partial charge >= 0.3 is 0 Å². The maximum absolute atomic E-state index is 8.74. The van der Waals surface area contributed by atoms with Crippen molar-refractivity contribution in [2.24, 2.45) is 0 Å². The molecule has 2 heterocycles. The highest BCUT2D eigenvalue weighted by Crippen LogP contribution is 2.04. The SMILES string of the molecule is Cc1cncc(Cn2cc(CCCO)nn2)c1. The van der Waals surface area contributed by atoms with Gasteiger partial charge in [0.05, 0.1) is 12.2 Å². The van der Waals surface area contributed by atoms with Crippen LogP contribution in [-0.4, -0.2) is 31.7 Å². The Morgan fingerprint density at radius 3 is 3.00 bits per heavy atom. The second kappa shape index (κ2) is 5.54. The van der Waals surface area contributed by atoms with E-state index in [2.05, 4.69) is 21.4 Å². The molecule has 5 nitrogen and oxygen atoms in total. The lowest BCUT2D eigenvalue weighted by Crippen LogP contribution is -2.01. The molecule has 0 unspecified atom stereocenters. The number of aliphatic hydroxyl groups is 1. The molecular formula is C12H16N4O. The minimum Gasteiger partial charge on any atom is -0.396 e. The minimum absolute atomic E-state index is 0.189. The van der Waals surface area contributed by atoms with E-state index in [1.54, 1.807) is 4.68 Å². The van der Waals surface area contributed by atoms with Crippen LogP contribution >= 0.6 is 0 Å². The zero-order chi connectivity index (χ0) is 12.1.